The molecule has 0 aliphatic heterocycles. The summed E-state index contributed by atoms with van der Waals surface area (Å²) < 4.78 is 0. The molecule has 17 heavy (non-hydrogen) atoms. The average Bonchev–Trinajstić information content (AvgIpc) is 2.35. The topological polar surface area (TPSA) is 92.4 Å². The molecule has 0 aliphatic rings. The first-order chi connectivity index (χ1) is 8.08. The van der Waals surface area contributed by atoms with Crippen LogP contribution in [0.4, 0.5) is 0 Å². The summed E-state index contributed by atoms with van der Waals surface area (Å²) in [6.45, 7) is -0.173. The zero-order valence-corrected chi connectivity index (χ0v) is 8.93. The molecule has 0 fully saturated rings. The fourth-order valence-corrected chi connectivity index (χ4v) is 1.17. The average molecular weight is 231 g/mol. The summed E-state index contributed by atoms with van der Waals surface area (Å²) in [5.74, 6) is 0.477. The summed E-state index contributed by atoms with van der Waals surface area (Å²) in [7, 11) is 0. The summed E-state index contributed by atoms with van der Waals surface area (Å²) in [6.07, 6.45) is 6.88. The number of benzene rings is 1. The molecule has 1 atom stereocenters. The Bertz CT molecular complexity index is 460. The Morgan fingerprint density at radius 2 is 2.00 bits per heavy atom. The van der Waals surface area contributed by atoms with Crippen LogP contribution < -0.4 is 11.1 Å². The molecule has 0 saturated heterocycles. The molecule has 87 valence electrons. The molecule has 0 spiro atoms. The number of carboxylic acid groups (broad SMARTS) is 1. The lowest BCUT2D eigenvalue weighted by atomic mass is 10.1. The van der Waals surface area contributed by atoms with E-state index in [2.05, 4.69) is 11.2 Å². The van der Waals surface area contributed by atoms with Crippen molar-refractivity contribution in [2.45, 2.75) is 6.04 Å². The molecule has 1 rings (SSSR count). The van der Waals surface area contributed by atoms with Gasteiger partial charge in [-0.15, -0.1) is 0 Å². The number of rotatable bonds is 4. The molecular weight excluding hydrogens is 220 g/mol. The van der Waals surface area contributed by atoms with Gasteiger partial charge in [-0.25, -0.2) is 4.79 Å². The number of carboxylic acids is 1. The minimum Gasteiger partial charge on any atom is -0.480 e. The Morgan fingerprint density at radius 3 is 2.41 bits per heavy atom. The van der Waals surface area contributed by atoms with Gasteiger partial charge in [0, 0.05) is 17.7 Å². The van der Waals surface area contributed by atoms with E-state index in [1.54, 1.807) is 12.1 Å². The van der Waals surface area contributed by atoms with E-state index in [0.29, 0.717) is 11.1 Å². The molecule has 0 aliphatic carbocycles. The van der Waals surface area contributed by atoms with E-state index < -0.39 is 17.9 Å². The van der Waals surface area contributed by atoms with Crippen LogP contribution in [0.15, 0.2) is 24.3 Å². The predicted molar refractivity (Wildman–Crippen MR) is 60.6 cm³/mol. The van der Waals surface area contributed by atoms with Gasteiger partial charge in [0.05, 0.1) is 0 Å². The van der Waals surface area contributed by atoms with Gasteiger partial charge in [-0.2, -0.15) is 0 Å². The van der Waals surface area contributed by atoms with Crippen LogP contribution in [0, 0.1) is 12.3 Å². The molecule has 4 N–H and O–H groups in total. The Balaban J connectivity index is 2.76. The Labute approximate surface area is 98.6 Å². The second-order valence-electron chi connectivity index (χ2n) is 3.30. The molecule has 5 nitrogen and oxygen atoms in total. The second kappa shape index (κ2) is 5.68. The van der Waals surface area contributed by atoms with Crippen molar-refractivity contribution < 1.29 is 14.7 Å². The molecule has 1 aromatic rings. The van der Waals surface area contributed by atoms with Crippen molar-refractivity contribution in [3.63, 3.8) is 0 Å². The number of carbonyl (C=O) groups excluding carboxylic acids is 1. The molecule has 1 aromatic carbocycles. The van der Waals surface area contributed by atoms with Gasteiger partial charge in [-0.1, -0.05) is 5.92 Å². The minimum atomic E-state index is -1.18. The normalized spacial score (nSPS) is 11.3. The summed E-state index contributed by atoms with van der Waals surface area (Å²) in [6, 6.07) is 4.96. The van der Waals surface area contributed by atoms with Crippen LogP contribution in [0.5, 0.6) is 0 Å². The molecule has 1 unspecified atom stereocenters. The fourth-order valence-electron chi connectivity index (χ4n) is 1.17. The Hall–Kier alpha value is -2.32. The van der Waals surface area contributed by atoms with E-state index in [4.69, 9.17) is 17.3 Å². The number of hydrogen-bond donors (Lipinski definition) is 3. The van der Waals surface area contributed by atoms with Crippen LogP contribution in [0.3, 0.4) is 0 Å². The zero-order valence-electron chi connectivity index (χ0n) is 8.93. The quantitative estimate of drug-likeness (QED) is 0.624. The largest absolute Gasteiger partial charge is 0.480 e. The maximum Gasteiger partial charge on any atom is 0.327 e. The molecule has 0 saturated carbocycles. The summed E-state index contributed by atoms with van der Waals surface area (Å²) >= 11 is 0. The van der Waals surface area contributed by atoms with E-state index in [0.717, 1.165) is 0 Å². The lowest BCUT2D eigenvalue weighted by Crippen LogP contribution is -2.45. The third-order valence-corrected chi connectivity index (χ3v) is 2.13. The lowest BCUT2D eigenvalue weighted by Gasteiger charge is -2.11. The van der Waals surface area contributed by atoms with Crippen LogP contribution in [0.2, 0.25) is 0 Å². The number of nitrogens with one attached hydrogen (secondary N) is 1. The van der Waals surface area contributed by atoms with E-state index in [-0.39, 0.29) is 6.54 Å². The maximum absolute atomic E-state index is 11.6. The number of hydrogen-bond acceptors (Lipinski definition) is 3. The summed E-state index contributed by atoms with van der Waals surface area (Å²) in [5.41, 5.74) is 6.06. The molecule has 0 aromatic heterocycles. The highest BCUT2D eigenvalue weighted by Gasteiger charge is 2.18. The van der Waals surface area contributed by atoms with Crippen LogP contribution in [0.1, 0.15) is 15.9 Å². The Kier molecular flexibility index (Phi) is 4.26. The van der Waals surface area contributed by atoms with Crippen molar-refractivity contribution in [1.29, 1.82) is 0 Å². The van der Waals surface area contributed by atoms with Crippen molar-refractivity contribution in [3.05, 3.63) is 41.8 Å². The van der Waals surface area contributed by atoms with Gasteiger partial charge in [-0.3, -0.25) is 4.79 Å². The fraction of sp³-hybridized carbons (Fsp3) is 0.167. The number of aliphatic carboxylic acids is 1. The maximum atomic E-state index is 11.6. The molecular formula is C12H11N2O3. The van der Waals surface area contributed by atoms with Gasteiger partial charge in [0.25, 0.3) is 5.91 Å². The Morgan fingerprint density at radius 1 is 1.41 bits per heavy atom. The number of carbonyl (C=O) groups is 2. The zero-order chi connectivity index (χ0) is 12.8. The van der Waals surface area contributed by atoms with Gasteiger partial charge in [0.15, 0.2) is 0 Å². The third kappa shape index (κ3) is 3.33. The highest BCUT2D eigenvalue weighted by Crippen LogP contribution is 2.03. The molecule has 1 amide bonds. The van der Waals surface area contributed by atoms with Crippen molar-refractivity contribution >= 4 is 11.9 Å². The highest BCUT2D eigenvalue weighted by molar-refractivity contribution is 5.96. The first-order valence-electron chi connectivity index (χ1n) is 4.85. The van der Waals surface area contributed by atoms with Crippen LogP contribution >= 0.6 is 0 Å². The monoisotopic (exact) mass is 231 g/mol. The van der Waals surface area contributed by atoms with Crippen LogP contribution in [-0.4, -0.2) is 29.6 Å². The third-order valence-electron chi connectivity index (χ3n) is 2.13. The first-order valence-corrected chi connectivity index (χ1v) is 4.85. The molecule has 0 heterocycles. The predicted octanol–water partition coefficient (Wildman–Crippen LogP) is -0.234. The van der Waals surface area contributed by atoms with Gasteiger partial charge < -0.3 is 16.2 Å². The van der Waals surface area contributed by atoms with Gasteiger partial charge in [0.1, 0.15) is 6.04 Å². The molecule has 1 radical (unpaired) electrons. The molecule has 5 heteroatoms. The highest BCUT2D eigenvalue weighted by atomic mass is 16.4. The second-order valence-corrected chi connectivity index (χ2v) is 3.30. The van der Waals surface area contributed by atoms with E-state index >= 15 is 0 Å². The lowest BCUT2D eigenvalue weighted by molar-refractivity contribution is -0.138. The van der Waals surface area contributed by atoms with E-state index in [9.17, 15) is 9.59 Å². The van der Waals surface area contributed by atoms with Gasteiger partial charge in [0.2, 0.25) is 0 Å². The van der Waals surface area contributed by atoms with Crippen LogP contribution in [-0.2, 0) is 4.79 Å². The summed E-state index contributed by atoms with van der Waals surface area (Å²) in [5, 5.41) is 11.0. The van der Waals surface area contributed by atoms with E-state index in [1.165, 1.54) is 12.1 Å². The van der Waals surface area contributed by atoms with Crippen molar-refractivity contribution in [3.8, 4) is 5.92 Å². The standard InChI is InChI=1S/C12H11N2O3/c1-2-8-3-5-9(6-4-8)11(15)14-10(7-13)12(16)17/h3-6,10H,7,13H2,(H,14,15)(H,16,17). The van der Waals surface area contributed by atoms with Crippen molar-refractivity contribution in [1.82, 2.24) is 5.32 Å². The van der Waals surface area contributed by atoms with Crippen molar-refractivity contribution in [2.24, 2.45) is 5.73 Å². The summed E-state index contributed by atoms with van der Waals surface area (Å²) in [4.78, 5) is 22.3. The van der Waals surface area contributed by atoms with Crippen LogP contribution in [0.25, 0.3) is 0 Å². The number of amides is 1. The van der Waals surface area contributed by atoms with E-state index in [1.807, 2.05) is 0 Å². The molecule has 0 bridgehead atoms. The van der Waals surface area contributed by atoms with Crippen molar-refractivity contribution in [2.75, 3.05) is 6.54 Å². The number of nitrogens with two attached hydrogens (primary N) is 1. The van der Waals surface area contributed by atoms with Gasteiger partial charge >= 0.3 is 5.97 Å². The minimum absolute atomic E-state index is 0.173. The first kappa shape index (κ1) is 12.7. The van der Waals surface area contributed by atoms with Gasteiger partial charge in [-0.05, 0) is 30.7 Å². The smallest absolute Gasteiger partial charge is 0.327 e. The SMILES string of the molecule is [C]#Cc1ccc(C(=O)NC(CN)C(=O)O)cc1.